The highest BCUT2D eigenvalue weighted by Gasteiger charge is 2.22. The predicted molar refractivity (Wildman–Crippen MR) is 113 cm³/mol. The molecule has 0 unspecified atom stereocenters. The Kier molecular flexibility index (Phi) is 6.93. The van der Waals surface area contributed by atoms with Crippen LogP contribution in [0.25, 0.3) is 0 Å². The van der Waals surface area contributed by atoms with Crippen molar-refractivity contribution in [3.8, 4) is 5.75 Å². The number of benzene rings is 2. The van der Waals surface area contributed by atoms with Gasteiger partial charge in [-0.25, -0.2) is 13.2 Å². The maximum absolute atomic E-state index is 12.6. The molecule has 0 spiro atoms. The van der Waals surface area contributed by atoms with Gasteiger partial charge in [-0.2, -0.15) is 0 Å². The van der Waals surface area contributed by atoms with Gasteiger partial charge in [-0.3, -0.25) is 19.6 Å². The lowest BCUT2D eigenvalue weighted by Gasteiger charge is -2.13. The molecule has 170 valence electrons. The number of carbonyl (C=O) groups excluding carboxylic acids is 2. The summed E-state index contributed by atoms with van der Waals surface area (Å²) in [4.78, 5) is 34.0. The molecule has 1 amide bonds. The van der Waals surface area contributed by atoms with Gasteiger partial charge >= 0.3 is 5.97 Å². The number of hydrogen-bond donors (Lipinski definition) is 3. The van der Waals surface area contributed by atoms with E-state index >= 15 is 0 Å². The summed E-state index contributed by atoms with van der Waals surface area (Å²) < 4.78 is 32.4. The molecule has 1 aliphatic rings. The van der Waals surface area contributed by atoms with Gasteiger partial charge in [0.25, 0.3) is 21.6 Å². The Hall–Kier alpha value is -3.67. The number of phenolic OH excluding ortho intramolecular Hbond substituents is 1. The number of nitrogens with zero attached hydrogens (tertiary/aromatic N) is 1. The number of hydrogen-bond acceptors (Lipinski definition) is 8. The fraction of sp³-hybridized carbons (Fsp3) is 0.300. The molecule has 0 aromatic heterocycles. The van der Waals surface area contributed by atoms with Crippen LogP contribution in [0, 0.1) is 10.1 Å². The van der Waals surface area contributed by atoms with Crippen LogP contribution in [0.15, 0.2) is 47.4 Å². The second-order valence-electron chi connectivity index (χ2n) is 7.21. The van der Waals surface area contributed by atoms with Crippen LogP contribution in [0.2, 0.25) is 0 Å². The van der Waals surface area contributed by atoms with E-state index in [1.54, 1.807) is 0 Å². The summed E-state index contributed by atoms with van der Waals surface area (Å²) in [5.74, 6) is -2.05. The number of carbonyl (C=O) groups is 2. The minimum Gasteiger partial charge on any atom is -0.507 e. The lowest BCUT2D eigenvalue weighted by Crippen LogP contribution is -2.35. The van der Waals surface area contributed by atoms with Crippen LogP contribution in [0.1, 0.15) is 36.0 Å². The second kappa shape index (κ2) is 9.64. The fourth-order valence-corrected chi connectivity index (χ4v) is 4.34. The maximum atomic E-state index is 12.6. The Balaban J connectivity index is 1.68. The Morgan fingerprint density at radius 1 is 1.12 bits per heavy atom. The summed E-state index contributed by atoms with van der Waals surface area (Å²) in [5, 5.41) is 23.4. The molecule has 0 heterocycles. The van der Waals surface area contributed by atoms with Gasteiger partial charge in [-0.1, -0.05) is 12.8 Å². The molecule has 2 aromatic carbocycles. The largest absolute Gasteiger partial charge is 0.507 e. The quantitative estimate of drug-likeness (QED) is 0.305. The fourth-order valence-electron chi connectivity index (χ4n) is 3.26. The number of non-ortho nitro benzene ring substituents is 1. The van der Waals surface area contributed by atoms with Crippen LogP contribution in [-0.4, -0.2) is 43.0 Å². The Labute approximate surface area is 183 Å². The summed E-state index contributed by atoms with van der Waals surface area (Å²) in [6, 6.07) is 7.76. The summed E-state index contributed by atoms with van der Waals surface area (Å²) in [6.45, 7) is -0.563. The standard InChI is InChI=1S/C20H21N3O8S/c24-18-10-9-16(32(29,30)22-14-5-7-15(8-6-14)23(27)28)11-17(18)20(26)31-12-19(25)21-13-3-1-2-4-13/h5-11,13,22,24H,1-4,12H2,(H,21,25). The molecule has 0 radical (unpaired) electrons. The van der Waals surface area contributed by atoms with Crippen LogP contribution in [0.5, 0.6) is 5.75 Å². The average Bonchev–Trinajstić information content (AvgIpc) is 3.25. The van der Waals surface area contributed by atoms with Gasteiger partial charge < -0.3 is 15.2 Å². The third-order valence-corrected chi connectivity index (χ3v) is 6.26. The number of anilines is 1. The molecule has 3 rings (SSSR count). The zero-order chi connectivity index (χ0) is 23.3. The Bertz CT molecular complexity index is 1130. The number of aromatic hydroxyl groups is 1. The average molecular weight is 463 g/mol. The van der Waals surface area contributed by atoms with Crippen molar-refractivity contribution in [1.82, 2.24) is 5.32 Å². The maximum Gasteiger partial charge on any atom is 0.342 e. The van der Waals surface area contributed by atoms with E-state index in [4.69, 9.17) is 4.74 Å². The van der Waals surface area contributed by atoms with Crippen LogP contribution in [-0.2, 0) is 19.6 Å². The lowest BCUT2D eigenvalue weighted by molar-refractivity contribution is -0.384. The highest BCUT2D eigenvalue weighted by atomic mass is 32.2. The van der Waals surface area contributed by atoms with Crippen LogP contribution < -0.4 is 10.0 Å². The molecule has 11 nitrogen and oxygen atoms in total. The third kappa shape index (κ3) is 5.72. The van der Waals surface area contributed by atoms with E-state index in [0.29, 0.717) is 0 Å². The van der Waals surface area contributed by atoms with Gasteiger partial charge in [-0.15, -0.1) is 0 Å². The second-order valence-corrected chi connectivity index (χ2v) is 8.90. The van der Waals surface area contributed by atoms with E-state index in [-0.39, 0.29) is 22.3 Å². The number of rotatable bonds is 8. The van der Waals surface area contributed by atoms with Crippen LogP contribution in [0.3, 0.4) is 0 Å². The minimum atomic E-state index is -4.18. The number of nitro benzene ring substituents is 1. The molecule has 12 heteroatoms. The molecular formula is C20H21N3O8S. The first-order valence-electron chi connectivity index (χ1n) is 9.72. The van der Waals surface area contributed by atoms with E-state index in [0.717, 1.165) is 56.0 Å². The normalized spacial score (nSPS) is 14.0. The van der Waals surface area contributed by atoms with Gasteiger partial charge in [0.1, 0.15) is 11.3 Å². The molecule has 32 heavy (non-hydrogen) atoms. The van der Waals surface area contributed by atoms with Gasteiger partial charge in [0.2, 0.25) is 0 Å². The minimum absolute atomic E-state index is 0.0496. The van der Waals surface area contributed by atoms with E-state index in [1.165, 1.54) is 12.1 Å². The number of esters is 1. The monoisotopic (exact) mass is 463 g/mol. The molecule has 2 aromatic rings. The van der Waals surface area contributed by atoms with Crippen molar-refractivity contribution in [2.75, 3.05) is 11.3 Å². The molecule has 1 saturated carbocycles. The van der Waals surface area contributed by atoms with Gasteiger partial charge in [0.15, 0.2) is 6.61 Å². The van der Waals surface area contributed by atoms with E-state index < -0.39 is 44.7 Å². The molecule has 1 fully saturated rings. The molecule has 1 aliphatic carbocycles. The lowest BCUT2D eigenvalue weighted by atomic mass is 10.2. The van der Waals surface area contributed by atoms with Crippen molar-refractivity contribution in [3.05, 3.63) is 58.1 Å². The van der Waals surface area contributed by atoms with Gasteiger partial charge in [0.05, 0.1) is 9.82 Å². The van der Waals surface area contributed by atoms with Crippen LogP contribution >= 0.6 is 0 Å². The first-order chi connectivity index (χ1) is 15.2. The number of sulfonamides is 1. The van der Waals surface area contributed by atoms with Gasteiger partial charge in [0, 0.05) is 23.9 Å². The highest BCUT2D eigenvalue weighted by molar-refractivity contribution is 7.92. The van der Waals surface area contributed by atoms with E-state index in [1.807, 2.05) is 0 Å². The van der Waals surface area contributed by atoms with E-state index in [9.17, 15) is 33.2 Å². The number of ether oxygens (including phenoxy) is 1. The van der Waals surface area contributed by atoms with Gasteiger partial charge in [-0.05, 0) is 43.2 Å². The summed E-state index contributed by atoms with van der Waals surface area (Å²) in [5.41, 5.74) is -0.568. The van der Waals surface area contributed by atoms with Crippen molar-refractivity contribution in [2.45, 2.75) is 36.6 Å². The molecule has 0 bridgehead atoms. The zero-order valence-electron chi connectivity index (χ0n) is 16.8. The topological polar surface area (TPSA) is 165 Å². The van der Waals surface area contributed by atoms with Crippen molar-refractivity contribution in [2.24, 2.45) is 0 Å². The first-order valence-corrected chi connectivity index (χ1v) is 11.2. The molecule has 0 aliphatic heterocycles. The van der Waals surface area contributed by atoms with Crippen molar-refractivity contribution in [3.63, 3.8) is 0 Å². The Morgan fingerprint density at radius 3 is 2.41 bits per heavy atom. The summed E-state index contributed by atoms with van der Waals surface area (Å²) in [6.07, 6.45) is 3.77. The molecular weight excluding hydrogens is 442 g/mol. The number of nitro groups is 1. The molecule has 3 N–H and O–H groups in total. The van der Waals surface area contributed by atoms with E-state index in [2.05, 4.69) is 10.0 Å². The number of phenols is 1. The summed E-state index contributed by atoms with van der Waals surface area (Å²) in [7, 11) is -4.18. The molecule has 0 atom stereocenters. The highest BCUT2D eigenvalue weighted by Crippen LogP contribution is 2.25. The number of nitrogens with one attached hydrogen (secondary N) is 2. The van der Waals surface area contributed by atoms with Crippen molar-refractivity contribution >= 4 is 33.3 Å². The van der Waals surface area contributed by atoms with Crippen molar-refractivity contribution < 1.29 is 32.8 Å². The Morgan fingerprint density at radius 2 is 1.78 bits per heavy atom. The van der Waals surface area contributed by atoms with Crippen LogP contribution in [0.4, 0.5) is 11.4 Å². The SMILES string of the molecule is O=C(COC(=O)c1cc(S(=O)(=O)Nc2ccc([N+](=O)[O-])cc2)ccc1O)NC1CCCC1. The smallest absolute Gasteiger partial charge is 0.342 e. The summed E-state index contributed by atoms with van der Waals surface area (Å²) >= 11 is 0. The molecule has 0 saturated heterocycles. The zero-order valence-corrected chi connectivity index (χ0v) is 17.6. The third-order valence-electron chi connectivity index (χ3n) is 4.88. The van der Waals surface area contributed by atoms with Crippen molar-refractivity contribution in [1.29, 1.82) is 0 Å². The predicted octanol–water partition coefficient (Wildman–Crippen LogP) is 2.32. The first kappa shape index (κ1) is 23.0. The number of amides is 1.